The highest BCUT2D eigenvalue weighted by Gasteiger charge is 2.04. The van der Waals surface area contributed by atoms with Gasteiger partial charge in [0, 0.05) is 19.5 Å². The van der Waals surface area contributed by atoms with Crippen LogP contribution < -0.4 is 0 Å². The van der Waals surface area contributed by atoms with Crippen molar-refractivity contribution in [1.29, 1.82) is 0 Å². The second-order valence-electron chi connectivity index (χ2n) is 1.46. The summed E-state index contributed by atoms with van der Waals surface area (Å²) in [5, 5.41) is 0.660. The van der Waals surface area contributed by atoms with Crippen LogP contribution in [0.25, 0.3) is 0 Å². The third-order valence-electron chi connectivity index (χ3n) is 0.681. The molecule has 4 heteroatoms. The summed E-state index contributed by atoms with van der Waals surface area (Å²) in [6, 6.07) is 0. The van der Waals surface area contributed by atoms with Gasteiger partial charge in [-0.3, -0.25) is 0 Å². The Kier molecular flexibility index (Phi) is 2.18. The average Bonchev–Trinajstić information content (AvgIpc) is 1.67. The zero-order chi connectivity index (χ0) is 6.78. The topological polar surface area (TPSA) is 37.4 Å². The number of hydrogen-bond donors (Lipinski definition) is 0. The lowest BCUT2D eigenvalue weighted by Crippen LogP contribution is -2.18. The third kappa shape index (κ3) is 1.63. The summed E-state index contributed by atoms with van der Waals surface area (Å²) >= 11 is 0. The number of nitrogens with zero attached hydrogens (tertiary/aromatic N) is 1. The average molecular weight is 134 g/mol. The van der Waals surface area contributed by atoms with Crippen LogP contribution in [0.15, 0.2) is 5.41 Å². The molecule has 0 aliphatic carbocycles. The van der Waals surface area contributed by atoms with Gasteiger partial charge in [0.25, 0.3) is 0 Å². The van der Waals surface area contributed by atoms with E-state index in [0.717, 1.165) is 4.31 Å². The molecule has 0 saturated heterocycles. The molecule has 0 aliphatic heterocycles. The second-order valence-corrected chi connectivity index (χ2v) is 3.50. The van der Waals surface area contributed by atoms with Crippen molar-refractivity contribution in [3.63, 3.8) is 0 Å². The van der Waals surface area contributed by atoms with Gasteiger partial charge in [-0.05, 0) is 6.58 Å². The summed E-state index contributed by atoms with van der Waals surface area (Å²) in [4.78, 5) is 0. The minimum Gasteiger partial charge on any atom is -0.208 e. The van der Waals surface area contributed by atoms with E-state index in [1.165, 1.54) is 14.1 Å². The van der Waals surface area contributed by atoms with Gasteiger partial charge in [0.1, 0.15) is 0 Å². The molecule has 3 nitrogen and oxygen atoms in total. The van der Waals surface area contributed by atoms with E-state index in [-0.39, 0.29) is 0 Å². The smallest absolute Gasteiger partial charge is 0.208 e. The second kappa shape index (κ2) is 2.28. The molecule has 0 atom stereocenters. The molecule has 0 N–H and O–H groups in total. The lowest BCUT2D eigenvalue weighted by atomic mass is 11.3. The zero-order valence-electron chi connectivity index (χ0n) is 4.83. The van der Waals surface area contributed by atoms with Crippen LogP contribution in [-0.4, -0.2) is 26.8 Å². The summed E-state index contributed by atoms with van der Waals surface area (Å²) in [6.07, 6.45) is 0. The Morgan fingerprint density at radius 3 is 1.88 bits per heavy atom. The van der Waals surface area contributed by atoms with Crippen LogP contribution in [0.1, 0.15) is 0 Å². The Bertz CT molecular complexity index is 168. The van der Waals surface area contributed by atoms with Crippen molar-refractivity contribution in [1.82, 2.24) is 4.31 Å². The summed E-state index contributed by atoms with van der Waals surface area (Å²) in [7, 11) is -0.419. The molecule has 0 rings (SSSR count). The molecule has 0 aromatic carbocycles. The minimum absolute atomic E-state index is 0.660. The Balaban J connectivity index is 4.40. The van der Waals surface area contributed by atoms with Crippen LogP contribution in [0.5, 0.6) is 0 Å². The van der Waals surface area contributed by atoms with Crippen molar-refractivity contribution in [2.24, 2.45) is 0 Å². The van der Waals surface area contributed by atoms with Crippen molar-refractivity contribution in [2.45, 2.75) is 0 Å². The molecule has 0 aliphatic rings. The molecule has 0 unspecified atom stereocenters. The fraction of sp³-hybridized carbons (Fsp3) is 0.500. The number of rotatable bonds is 2. The Labute approximate surface area is 49.7 Å². The van der Waals surface area contributed by atoms with Gasteiger partial charge in [-0.15, -0.1) is 0 Å². The first kappa shape index (κ1) is 7.65. The molecule has 0 aromatic heterocycles. The van der Waals surface area contributed by atoms with Gasteiger partial charge < -0.3 is 0 Å². The first-order chi connectivity index (χ1) is 3.50. The van der Waals surface area contributed by atoms with Crippen molar-refractivity contribution in [3.05, 3.63) is 12.0 Å². The van der Waals surface area contributed by atoms with Crippen molar-refractivity contribution >= 4 is 10.0 Å². The zero-order valence-corrected chi connectivity index (χ0v) is 5.64. The molecule has 0 amide bonds. The van der Waals surface area contributed by atoms with Crippen LogP contribution in [0.2, 0.25) is 0 Å². The third-order valence-corrected chi connectivity index (χ3v) is 2.04. The van der Waals surface area contributed by atoms with Gasteiger partial charge in [0.2, 0.25) is 10.0 Å². The van der Waals surface area contributed by atoms with E-state index in [1.54, 1.807) is 0 Å². The first-order valence-electron chi connectivity index (χ1n) is 1.98. The quantitative estimate of drug-likeness (QED) is 0.525. The SMILES string of the molecule is [CH]=CS(=O)(=O)N(C)C. The molecule has 1 radical (unpaired) electrons. The van der Waals surface area contributed by atoms with Crippen LogP contribution >= 0.6 is 0 Å². The maximum atomic E-state index is 10.4. The van der Waals surface area contributed by atoms with Gasteiger partial charge in [0.05, 0.1) is 0 Å². The Hall–Kier alpha value is -0.350. The van der Waals surface area contributed by atoms with E-state index < -0.39 is 10.0 Å². The van der Waals surface area contributed by atoms with Gasteiger partial charge in [-0.2, -0.15) is 0 Å². The molecule has 0 fully saturated rings. The lowest BCUT2D eigenvalue weighted by molar-refractivity contribution is 0.531. The fourth-order valence-electron chi connectivity index (χ4n) is 0.122. The maximum absolute atomic E-state index is 10.4. The molecule has 0 bridgehead atoms. The molecular weight excluding hydrogens is 126 g/mol. The molecule has 0 aromatic rings. The van der Waals surface area contributed by atoms with Crippen molar-refractivity contribution in [3.8, 4) is 0 Å². The predicted octanol–water partition coefficient (Wildman–Crippen LogP) is -0.176. The van der Waals surface area contributed by atoms with E-state index in [9.17, 15) is 8.42 Å². The van der Waals surface area contributed by atoms with E-state index in [4.69, 9.17) is 6.58 Å². The summed E-state index contributed by atoms with van der Waals surface area (Å²) < 4.78 is 21.9. The highest BCUT2D eigenvalue weighted by atomic mass is 32.2. The lowest BCUT2D eigenvalue weighted by Gasteiger charge is -2.03. The van der Waals surface area contributed by atoms with Crippen molar-refractivity contribution in [2.75, 3.05) is 14.1 Å². The van der Waals surface area contributed by atoms with E-state index in [2.05, 4.69) is 0 Å². The Morgan fingerprint density at radius 2 is 1.88 bits per heavy atom. The van der Waals surface area contributed by atoms with Gasteiger partial charge in [0.15, 0.2) is 0 Å². The van der Waals surface area contributed by atoms with E-state index in [0.29, 0.717) is 5.41 Å². The monoisotopic (exact) mass is 134 g/mol. The largest absolute Gasteiger partial charge is 0.235 e. The predicted molar refractivity (Wildman–Crippen MR) is 31.5 cm³/mol. The van der Waals surface area contributed by atoms with E-state index >= 15 is 0 Å². The summed E-state index contributed by atoms with van der Waals surface area (Å²) in [5.41, 5.74) is 0. The first-order valence-corrected chi connectivity index (χ1v) is 3.48. The van der Waals surface area contributed by atoms with Gasteiger partial charge >= 0.3 is 0 Å². The number of sulfonamides is 1. The molecular formula is C4H8NO2S. The molecule has 0 heterocycles. The highest BCUT2D eigenvalue weighted by Crippen LogP contribution is 1.91. The Morgan fingerprint density at radius 1 is 1.50 bits per heavy atom. The van der Waals surface area contributed by atoms with Crippen LogP contribution in [-0.2, 0) is 10.0 Å². The molecule has 47 valence electrons. The molecule has 0 spiro atoms. The number of hydrogen-bond acceptors (Lipinski definition) is 2. The van der Waals surface area contributed by atoms with E-state index in [1.807, 2.05) is 0 Å². The fourth-order valence-corrected chi connectivity index (χ4v) is 0.365. The molecule has 8 heavy (non-hydrogen) atoms. The van der Waals surface area contributed by atoms with Gasteiger partial charge in [-0.25, -0.2) is 12.7 Å². The highest BCUT2D eigenvalue weighted by molar-refractivity contribution is 7.91. The van der Waals surface area contributed by atoms with Crippen LogP contribution in [0.4, 0.5) is 0 Å². The maximum Gasteiger partial charge on any atom is 0.235 e. The van der Waals surface area contributed by atoms with Crippen LogP contribution in [0, 0.1) is 6.58 Å². The minimum atomic E-state index is -3.25. The van der Waals surface area contributed by atoms with Crippen molar-refractivity contribution < 1.29 is 8.42 Å². The summed E-state index contributed by atoms with van der Waals surface area (Å²) in [6.45, 7) is 4.75. The summed E-state index contributed by atoms with van der Waals surface area (Å²) in [5.74, 6) is 0. The van der Waals surface area contributed by atoms with Crippen LogP contribution in [0.3, 0.4) is 0 Å². The standard InChI is InChI=1S/C4H8NO2S/c1-4-8(6,7)5(2)3/h1,4H,2-3H3. The van der Waals surface area contributed by atoms with Gasteiger partial charge in [-0.1, -0.05) is 0 Å². The molecule has 0 saturated carbocycles. The normalized spacial score (nSPS) is 11.9.